The van der Waals surface area contributed by atoms with E-state index in [2.05, 4.69) is 20.7 Å². The summed E-state index contributed by atoms with van der Waals surface area (Å²) in [6, 6.07) is 3.75. The molecule has 0 spiro atoms. The van der Waals surface area contributed by atoms with E-state index < -0.39 is 6.36 Å². The molecule has 0 unspecified atom stereocenters. The third-order valence-corrected chi connectivity index (χ3v) is 2.68. The summed E-state index contributed by atoms with van der Waals surface area (Å²) in [5, 5.41) is 0. The molecule has 1 aromatic carbocycles. The molecular formula is C12H12BrF3O3. The van der Waals surface area contributed by atoms with Crippen molar-refractivity contribution < 1.29 is 27.4 Å². The lowest BCUT2D eigenvalue weighted by Gasteiger charge is -2.12. The third kappa shape index (κ3) is 5.96. The van der Waals surface area contributed by atoms with Crippen molar-refractivity contribution in [2.24, 2.45) is 0 Å². The first-order valence-corrected chi connectivity index (χ1v) is 6.31. The Balaban J connectivity index is 2.64. The molecule has 1 aromatic rings. The fraction of sp³-hybridized carbons (Fsp3) is 0.417. The topological polar surface area (TPSA) is 35.5 Å². The molecule has 0 radical (unpaired) electrons. The molecule has 19 heavy (non-hydrogen) atoms. The van der Waals surface area contributed by atoms with Crippen LogP contribution in [0.4, 0.5) is 13.2 Å². The fourth-order valence-corrected chi connectivity index (χ4v) is 1.73. The highest BCUT2D eigenvalue weighted by Gasteiger charge is 2.31. The highest BCUT2D eigenvalue weighted by Crippen LogP contribution is 2.33. The molecule has 0 atom stereocenters. The lowest BCUT2D eigenvalue weighted by atomic mass is 10.2. The summed E-state index contributed by atoms with van der Waals surface area (Å²) in [4.78, 5) is 11.2. The molecular weight excluding hydrogens is 329 g/mol. The number of halogens is 4. The van der Waals surface area contributed by atoms with E-state index in [1.54, 1.807) is 0 Å². The van der Waals surface area contributed by atoms with Gasteiger partial charge in [0, 0.05) is 6.42 Å². The molecule has 0 amide bonds. The van der Waals surface area contributed by atoms with Crippen LogP contribution in [0.15, 0.2) is 22.7 Å². The zero-order chi connectivity index (χ0) is 14.5. The van der Waals surface area contributed by atoms with Crippen molar-refractivity contribution in [1.29, 1.82) is 0 Å². The molecule has 0 aliphatic carbocycles. The fourth-order valence-electron chi connectivity index (χ4n) is 1.29. The van der Waals surface area contributed by atoms with Crippen LogP contribution in [-0.4, -0.2) is 18.8 Å². The molecule has 7 heteroatoms. The number of hydrogen-bond donors (Lipinski definition) is 0. The molecule has 0 aliphatic rings. The molecule has 0 bridgehead atoms. The van der Waals surface area contributed by atoms with E-state index >= 15 is 0 Å². The predicted molar refractivity (Wildman–Crippen MR) is 66.2 cm³/mol. The third-order valence-electron chi connectivity index (χ3n) is 2.06. The van der Waals surface area contributed by atoms with Crippen LogP contribution in [0.2, 0.25) is 0 Å². The number of hydrogen-bond acceptors (Lipinski definition) is 3. The van der Waals surface area contributed by atoms with Crippen LogP contribution in [-0.2, 0) is 4.79 Å². The number of ether oxygens (including phenoxy) is 2. The number of benzene rings is 1. The second kappa shape index (κ2) is 6.79. The van der Waals surface area contributed by atoms with Gasteiger partial charge < -0.3 is 9.47 Å². The number of rotatable bonds is 6. The van der Waals surface area contributed by atoms with Crippen LogP contribution in [0.25, 0.3) is 0 Å². The van der Waals surface area contributed by atoms with Crippen molar-refractivity contribution in [3.8, 4) is 11.5 Å². The zero-order valence-electron chi connectivity index (χ0n) is 10.1. The molecule has 0 aromatic heterocycles. The number of carbonyl (C=O) groups is 1. The Labute approximate surface area is 116 Å². The van der Waals surface area contributed by atoms with Gasteiger partial charge in [-0.1, -0.05) is 6.92 Å². The first kappa shape index (κ1) is 15.8. The maximum Gasteiger partial charge on any atom is 0.573 e. The van der Waals surface area contributed by atoms with Gasteiger partial charge in [-0.2, -0.15) is 0 Å². The van der Waals surface area contributed by atoms with E-state index in [-0.39, 0.29) is 22.6 Å². The monoisotopic (exact) mass is 340 g/mol. The standard InChI is InChI=1S/C12H12BrF3O3/c1-2-3-8(17)7-18-9-4-5-11(10(13)6-9)19-12(14,15)16/h4-6H,2-3,7H2,1H3. The van der Waals surface area contributed by atoms with Crippen LogP contribution in [0, 0.1) is 0 Å². The molecule has 0 saturated carbocycles. The highest BCUT2D eigenvalue weighted by atomic mass is 79.9. The average molecular weight is 341 g/mol. The van der Waals surface area contributed by atoms with E-state index in [4.69, 9.17) is 4.74 Å². The van der Waals surface area contributed by atoms with Crippen molar-refractivity contribution in [3.63, 3.8) is 0 Å². The van der Waals surface area contributed by atoms with Crippen LogP contribution in [0.5, 0.6) is 11.5 Å². The van der Waals surface area contributed by atoms with E-state index in [9.17, 15) is 18.0 Å². The normalized spacial score (nSPS) is 11.2. The minimum absolute atomic E-state index is 0.0609. The van der Waals surface area contributed by atoms with Gasteiger partial charge in [-0.15, -0.1) is 13.2 Å². The Bertz CT molecular complexity index is 446. The summed E-state index contributed by atoms with van der Waals surface area (Å²) >= 11 is 2.95. The van der Waals surface area contributed by atoms with Crippen LogP contribution < -0.4 is 9.47 Å². The minimum Gasteiger partial charge on any atom is -0.486 e. The van der Waals surface area contributed by atoms with Gasteiger partial charge in [0.25, 0.3) is 0 Å². The van der Waals surface area contributed by atoms with Crippen molar-refractivity contribution in [2.75, 3.05) is 6.61 Å². The van der Waals surface area contributed by atoms with Crippen molar-refractivity contribution in [1.82, 2.24) is 0 Å². The quantitative estimate of drug-likeness (QED) is 0.782. The second-order valence-electron chi connectivity index (χ2n) is 3.72. The van der Waals surface area contributed by atoms with Gasteiger partial charge >= 0.3 is 6.36 Å². The summed E-state index contributed by atoms with van der Waals surface area (Å²) in [5.41, 5.74) is 0. The first-order chi connectivity index (χ1) is 8.81. The molecule has 3 nitrogen and oxygen atoms in total. The second-order valence-corrected chi connectivity index (χ2v) is 4.57. The molecule has 0 aliphatic heterocycles. The lowest BCUT2D eigenvalue weighted by molar-refractivity contribution is -0.274. The maximum absolute atomic E-state index is 12.0. The van der Waals surface area contributed by atoms with Gasteiger partial charge in [0.1, 0.15) is 18.1 Å². The molecule has 106 valence electrons. The Morgan fingerprint density at radius 3 is 2.58 bits per heavy atom. The molecule has 0 saturated heterocycles. The van der Waals surface area contributed by atoms with Crippen molar-refractivity contribution >= 4 is 21.7 Å². The first-order valence-electron chi connectivity index (χ1n) is 5.51. The highest BCUT2D eigenvalue weighted by molar-refractivity contribution is 9.10. The summed E-state index contributed by atoms with van der Waals surface area (Å²) < 4.78 is 45.2. The van der Waals surface area contributed by atoms with Crippen molar-refractivity contribution in [2.45, 2.75) is 26.1 Å². The maximum atomic E-state index is 12.0. The smallest absolute Gasteiger partial charge is 0.486 e. The molecule has 0 N–H and O–H groups in total. The average Bonchev–Trinajstić information content (AvgIpc) is 2.28. The molecule has 0 fully saturated rings. The van der Waals surface area contributed by atoms with E-state index in [0.29, 0.717) is 12.2 Å². The van der Waals surface area contributed by atoms with Gasteiger partial charge in [-0.25, -0.2) is 0 Å². The van der Waals surface area contributed by atoms with E-state index in [0.717, 1.165) is 12.5 Å². The van der Waals surface area contributed by atoms with Gasteiger partial charge in [0.15, 0.2) is 5.78 Å². The Hall–Kier alpha value is -1.24. The largest absolute Gasteiger partial charge is 0.573 e. The zero-order valence-corrected chi connectivity index (χ0v) is 11.7. The summed E-state index contributed by atoms with van der Waals surface area (Å²) in [6.07, 6.45) is -3.61. The molecule has 0 heterocycles. The molecule has 1 rings (SSSR count). The summed E-state index contributed by atoms with van der Waals surface area (Å²) in [6.45, 7) is 1.78. The van der Waals surface area contributed by atoms with Gasteiger partial charge in [-0.05, 0) is 40.5 Å². The number of alkyl halides is 3. The predicted octanol–water partition coefficient (Wildman–Crippen LogP) is 4.10. The van der Waals surface area contributed by atoms with E-state index in [1.165, 1.54) is 12.1 Å². The van der Waals surface area contributed by atoms with E-state index in [1.807, 2.05) is 6.92 Å². The minimum atomic E-state index is -4.75. The van der Waals surface area contributed by atoms with Crippen molar-refractivity contribution in [3.05, 3.63) is 22.7 Å². The van der Waals surface area contributed by atoms with Crippen LogP contribution in [0.3, 0.4) is 0 Å². The Kier molecular flexibility index (Phi) is 5.65. The Morgan fingerprint density at radius 1 is 1.37 bits per heavy atom. The van der Waals surface area contributed by atoms with Gasteiger partial charge in [-0.3, -0.25) is 4.79 Å². The number of carbonyl (C=O) groups excluding carboxylic acids is 1. The number of Topliss-reactive ketones (excluding diaryl/α,β-unsaturated/α-hetero) is 1. The lowest BCUT2D eigenvalue weighted by Crippen LogP contribution is -2.17. The SMILES string of the molecule is CCCC(=O)COc1ccc(OC(F)(F)F)c(Br)c1. The summed E-state index contributed by atoms with van der Waals surface area (Å²) in [5.74, 6) is -0.125. The Morgan fingerprint density at radius 2 is 2.05 bits per heavy atom. The number of ketones is 1. The van der Waals surface area contributed by atoms with Crippen LogP contribution >= 0.6 is 15.9 Å². The summed E-state index contributed by atoms with van der Waals surface area (Å²) in [7, 11) is 0. The van der Waals surface area contributed by atoms with Gasteiger partial charge in [0.05, 0.1) is 4.47 Å². The van der Waals surface area contributed by atoms with Crippen LogP contribution in [0.1, 0.15) is 19.8 Å². The van der Waals surface area contributed by atoms with Gasteiger partial charge in [0.2, 0.25) is 0 Å².